The minimum absolute atomic E-state index is 0.0302. The minimum atomic E-state index is 0.0302. The van der Waals surface area contributed by atoms with Gasteiger partial charge in [-0.3, -0.25) is 4.79 Å². The molecular formula is C16H19N3O3S. The van der Waals surface area contributed by atoms with E-state index in [1.165, 1.54) is 0 Å². The summed E-state index contributed by atoms with van der Waals surface area (Å²) < 4.78 is 11.1. The molecule has 1 aliphatic heterocycles. The van der Waals surface area contributed by atoms with E-state index >= 15 is 0 Å². The highest BCUT2D eigenvalue weighted by Gasteiger charge is 2.29. The van der Waals surface area contributed by atoms with Crippen LogP contribution in [-0.2, 0) is 11.3 Å². The zero-order valence-corrected chi connectivity index (χ0v) is 13.6. The smallest absolute Gasteiger partial charge is 0.254 e. The lowest BCUT2D eigenvalue weighted by Gasteiger charge is -2.32. The summed E-state index contributed by atoms with van der Waals surface area (Å²) in [5.41, 5.74) is 0.765. The monoisotopic (exact) mass is 333 g/mol. The lowest BCUT2D eigenvalue weighted by atomic mass is 10.1. The number of ether oxygens (including phenoxy) is 1. The molecule has 2 aromatic rings. The first-order valence-corrected chi connectivity index (χ1v) is 8.99. The SMILES string of the molecule is O=C(c1ccsc1)N1CCCC(OCc2nc(C3CC3)no2)C1. The predicted octanol–water partition coefficient (Wildman–Crippen LogP) is 2.83. The summed E-state index contributed by atoms with van der Waals surface area (Å²) in [6.07, 6.45) is 4.25. The molecule has 2 aliphatic rings. The largest absolute Gasteiger partial charge is 0.367 e. The maximum Gasteiger partial charge on any atom is 0.254 e. The third kappa shape index (κ3) is 3.45. The Morgan fingerprint density at radius 2 is 2.35 bits per heavy atom. The van der Waals surface area contributed by atoms with E-state index in [0.717, 1.165) is 43.6 Å². The summed E-state index contributed by atoms with van der Waals surface area (Å²) in [4.78, 5) is 18.6. The number of hydrogen-bond acceptors (Lipinski definition) is 6. The van der Waals surface area contributed by atoms with Gasteiger partial charge in [0.2, 0.25) is 0 Å². The Balaban J connectivity index is 1.31. The molecule has 122 valence electrons. The molecule has 3 heterocycles. The van der Waals surface area contributed by atoms with Gasteiger partial charge in [0, 0.05) is 24.4 Å². The number of rotatable bonds is 5. The summed E-state index contributed by atoms with van der Waals surface area (Å²) in [7, 11) is 0. The summed E-state index contributed by atoms with van der Waals surface area (Å²) in [6, 6.07) is 1.87. The number of piperidine rings is 1. The van der Waals surface area contributed by atoms with Crippen molar-refractivity contribution in [3.05, 3.63) is 34.1 Å². The van der Waals surface area contributed by atoms with Crippen LogP contribution < -0.4 is 0 Å². The van der Waals surface area contributed by atoms with Crippen LogP contribution in [0, 0.1) is 0 Å². The molecule has 0 radical (unpaired) electrons. The second-order valence-corrected chi connectivity index (χ2v) is 6.94. The normalized spacial score (nSPS) is 21.6. The van der Waals surface area contributed by atoms with Crippen LogP contribution in [0.1, 0.15) is 53.7 Å². The van der Waals surface area contributed by atoms with Gasteiger partial charge in [-0.15, -0.1) is 0 Å². The molecule has 0 N–H and O–H groups in total. The standard InChI is InChI=1S/C16H19N3O3S/c20-16(12-5-7-23-10-12)19-6-1-2-13(8-19)21-9-14-17-15(18-22-14)11-3-4-11/h5,7,10-11,13H,1-4,6,8-9H2. The van der Waals surface area contributed by atoms with E-state index in [0.29, 0.717) is 25.0 Å². The second kappa shape index (κ2) is 6.41. The highest BCUT2D eigenvalue weighted by molar-refractivity contribution is 7.08. The first kappa shape index (κ1) is 14.8. The lowest BCUT2D eigenvalue weighted by molar-refractivity contribution is -0.0153. The van der Waals surface area contributed by atoms with Crippen LogP contribution in [0.3, 0.4) is 0 Å². The Hall–Kier alpha value is -1.73. The molecule has 4 rings (SSSR count). The zero-order chi connectivity index (χ0) is 15.6. The molecule has 6 nitrogen and oxygen atoms in total. The topological polar surface area (TPSA) is 68.5 Å². The fourth-order valence-corrected chi connectivity index (χ4v) is 3.48. The molecule has 1 amide bonds. The van der Waals surface area contributed by atoms with E-state index in [9.17, 15) is 4.79 Å². The lowest BCUT2D eigenvalue weighted by Crippen LogP contribution is -2.43. The van der Waals surface area contributed by atoms with Gasteiger partial charge in [-0.05, 0) is 37.1 Å². The maximum atomic E-state index is 12.4. The fourth-order valence-electron chi connectivity index (χ4n) is 2.85. The minimum Gasteiger partial charge on any atom is -0.367 e. The molecule has 0 bridgehead atoms. The van der Waals surface area contributed by atoms with Gasteiger partial charge in [-0.25, -0.2) is 0 Å². The van der Waals surface area contributed by atoms with Crippen molar-refractivity contribution in [1.29, 1.82) is 0 Å². The average molecular weight is 333 g/mol. The molecule has 7 heteroatoms. The Labute approximate surface area is 138 Å². The summed E-state index contributed by atoms with van der Waals surface area (Å²) in [6.45, 7) is 1.74. The fraction of sp³-hybridized carbons (Fsp3) is 0.562. The van der Waals surface area contributed by atoms with Crippen LogP contribution >= 0.6 is 11.3 Å². The van der Waals surface area contributed by atoms with E-state index in [4.69, 9.17) is 9.26 Å². The predicted molar refractivity (Wildman–Crippen MR) is 84.3 cm³/mol. The molecule has 1 saturated heterocycles. The van der Waals surface area contributed by atoms with Crippen molar-refractivity contribution in [2.45, 2.75) is 44.3 Å². The van der Waals surface area contributed by atoms with Crippen LogP contribution in [0.25, 0.3) is 0 Å². The molecular weight excluding hydrogens is 314 g/mol. The molecule has 0 spiro atoms. The molecule has 1 aliphatic carbocycles. The average Bonchev–Trinajstić information content (AvgIpc) is 3.11. The van der Waals surface area contributed by atoms with Crippen molar-refractivity contribution < 1.29 is 14.1 Å². The molecule has 1 unspecified atom stereocenters. The van der Waals surface area contributed by atoms with Crippen molar-refractivity contribution in [2.24, 2.45) is 0 Å². The highest BCUT2D eigenvalue weighted by Crippen LogP contribution is 2.38. The molecule has 1 saturated carbocycles. The van der Waals surface area contributed by atoms with Crippen molar-refractivity contribution >= 4 is 17.2 Å². The first-order chi connectivity index (χ1) is 11.3. The van der Waals surface area contributed by atoms with Gasteiger partial charge in [-0.2, -0.15) is 16.3 Å². The van der Waals surface area contributed by atoms with Gasteiger partial charge < -0.3 is 14.2 Å². The number of hydrogen-bond donors (Lipinski definition) is 0. The van der Waals surface area contributed by atoms with Gasteiger partial charge in [0.05, 0.1) is 11.7 Å². The Morgan fingerprint density at radius 1 is 1.43 bits per heavy atom. The quantitative estimate of drug-likeness (QED) is 0.841. The highest BCUT2D eigenvalue weighted by atomic mass is 32.1. The number of thiophene rings is 1. The molecule has 0 aromatic carbocycles. The van der Waals surface area contributed by atoms with E-state index < -0.39 is 0 Å². The van der Waals surface area contributed by atoms with Crippen LogP contribution in [0.5, 0.6) is 0 Å². The number of aromatic nitrogens is 2. The Bertz CT molecular complexity index is 666. The summed E-state index contributed by atoms with van der Waals surface area (Å²) >= 11 is 1.54. The van der Waals surface area contributed by atoms with Crippen molar-refractivity contribution in [1.82, 2.24) is 15.0 Å². The van der Waals surface area contributed by atoms with E-state index in [-0.39, 0.29) is 12.0 Å². The van der Waals surface area contributed by atoms with E-state index in [1.54, 1.807) is 11.3 Å². The summed E-state index contributed by atoms with van der Waals surface area (Å²) in [5.74, 6) is 1.92. The molecule has 2 aromatic heterocycles. The third-order valence-corrected chi connectivity index (χ3v) is 4.99. The summed E-state index contributed by atoms with van der Waals surface area (Å²) in [5, 5.41) is 7.81. The van der Waals surface area contributed by atoms with Crippen LogP contribution in [0.2, 0.25) is 0 Å². The number of nitrogens with zero attached hydrogens (tertiary/aromatic N) is 3. The van der Waals surface area contributed by atoms with Crippen LogP contribution in [-0.4, -0.2) is 40.1 Å². The molecule has 2 fully saturated rings. The van der Waals surface area contributed by atoms with Crippen molar-refractivity contribution in [2.75, 3.05) is 13.1 Å². The zero-order valence-electron chi connectivity index (χ0n) is 12.8. The second-order valence-electron chi connectivity index (χ2n) is 6.16. The number of amides is 1. The maximum absolute atomic E-state index is 12.4. The first-order valence-electron chi connectivity index (χ1n) is 8.05. The van der Waals surface area contributed by atoms with Gasteiger partial charge in [0.1, 0.15) is 6.61 Å². The number of carbonyl (C=O) groups is 1. The van der Waals surface area contributed by atoms with Gasteiger partial charge in [0.25, 0.3) is 11.8 Å². The van der Waals surface area contributed by atoms with Gasteiger partial charge in [-0.1, -0.05) is 5.16 Å². The van der Waals surface area contributed by atoms with Crippen molar-refractivity contribution in [3.63, 3.8) is 0 Å². The number of likely N-dealkylation sites (tertiary alicyclic amines) is 1. The van der Waals surface area contributed by atoms with Gasteiger partial charge >= 0.3 is 0 Å². The third-order valence-electron chi connectivity index (χ3n) is 4.30. The Kier molecular flexibility index (Phi) is 4.13. The molecule has 23 heavy (non-hydrogen) atoms. The van der Waals surface area contributed by atoms with Crippen molar-refractivity contribution in [3.8, 4) is 0 Å². The Morgan fingerprint density at radius 3 is 3.13 bits per heavy atom. The van der Waals surface area contributed by atoms with E-state index in [1.807, 2.05) is 21.7 Å². The number of carbonyl (C=O) groups excluding carboxylic acids is 1. The molecule has 1 atom stereocenters. The van der Waals surface area contributed by atoms with Gasteiger partial charge in [0.15, 0.2) is 5.82 Å². The van der Waals surface area contributed by atoms with Crippen LogP contribution in [0.4, 0.5) is 0 Å². The van der Waals surface area contributed by atoms with Crippen LogP contribution in [0.15, 0.2) is 21.3 Å². The van der Waals surface area contributed by atoms with E-state index in [2.05, 4.69) is 10.1 Å².